The van der Waals surface area contributed by atoms with Crippen molar-refractivity contribution in [3.8, 4) is 0 Å². The minimum atomic E-state index is -0.968. The Labute approximate surface area is 148 Å². The maximum atomic E-state index is 10.1. The van der Waals surface area contributed by atoms with Gasteiger partial charge in [-0.05, 0) is 31.7 Å². The molecule has 0 heterocycles. The Morgan fingerprint density at radius 2 is 1.24 bits per heavy atom. The van der Waals surface area contributed by atoms with Gasteiger partial charge in [-0.3, -0.25) is 14.4 Å². The lowest BCUT2D eigenvalue weighted by molar-refractivity contribution is -0.139. The van der Waals surface area contributed by atoms with Gasteiger partial charge in [0.2, 0.25) is 0 Å². The van der Waals surface area contributed by atoms with E-state index in [9.17, 15) is 14.4 Å². The molecule has 0 radical (unpaired) electrons. The van der Waals surface area contributed by atoms with Gasteiger partial charge in [0.05, 0.1) is 6.54 Å². The van der Waals surface area contributed by atoms with Crippen molar-refractivity contribution in [2.45, 2.75) is 45.2 Å². The van der Waals surface area contributed by atoms with Gasteiger partial charge in [-0.25, -0.2) is 0 Å². The Hall–Kier alpha value is -1.79. The minimum Gasteiger partial charge on any atom is -0.480 e. The number of nitrogens with two attached hydrogens (primary N) is 4. The van der Waals surface area contributed by atoms with E-state index in [1.165, 1.54) is 0 Å². The highest BCUT2D eigenvalue weighted by Crippen LogP contribution is 2.01. The zero-order chi connectivity index (χ0) is 21.0. The first-order chi connectivity index (χ1) is 11.5. The minimum absolute atomic E-state index is 0.278. The second-order valence-corrected chi connectivity index (χ2v) is 5.05. The molecule has 12 N–H and O–H groups in total. The number of aliphatic hydroxyl groups is 1. The topological polar surface area (TPSA) is 236 Å². The van der Waals surface area contributed by atoms with Gasteiger partial charge in [0, 0.05) is 7.11 Å². The molecule has 0 spiro atoms. The summed E-state index contributed by atoms with van der Waals surface area (Å²) in [4.78, 5) is 29.4. The first-order valence-electron chi connectivity index (χ1n) is 7.52. The lowest BCUT2D eigenvalue weighted by Gasteiger charge is -2.07. The van der Waals surface area contributed by atoms with Crippen LogP contribution < -0.4 is 22.9 Å². The van der Waals surface area contributed by atoms with Gasteiger partial charge in [0.15, 0.2) is 0 Å². The first-order valence-corrected chi connectivity index (χ1v) is 7.52. The molecular weight excluding hydrogens is 336 g/mol. The Bertz CT molecular complexity index is 341. The van der Waals surface area contributed by atoms with Crippen LogP contribution in [-0.4, -0.2) is 70.6 Å². The number of hydrogen-bond acceptors (Lipinski definition) is 8. The Morgan fingerprint density at radius 3 is 1.40 bits per heavy atom. The van der Waals surface area contributed by atoms with Crippen LogP contribution in [0.1, 0.15) is 33.1 Å². The van der Waals surface area contributed by atoms with Crippen LogP contribution in [0.3, 0.4) is 0 Å². The Kier molecular flexibility index (Phi) is 27.6. The van der Waals surface area contributed by atoms with E-state index >= 15 is 0 Å². The van der Waals surface area contributed by atoms with E-state index in [1.807, 2.05) is 13.8 Å². The van der Waals surface area contributed by atoms with E-state index in [1.54, 1.807) is 0 Å². The highest BCUT2D eigenvalue weighted by atomic mass is 16.4. The molecule has 0 aliphatic heterocycles. The van der Waals surface area contributed by atoms with Crippen molar-refractivity contribution in [1.29, 1.82) is 0 Å². The third-order valence-corrected chi connectivity index (χ3v) is 2.25. The van der Waals surface area contributed by atoms with E-state index in [4.69, 9.17) is 37.6 Å². The maximum Gasteiger partial charge on any atom is 0.320 e. The summed E-state index contributed by atoms with van der Waals surface area (Å²) in [6, 6.07) is -1.43. The maximum absolute atomic E-state index is 10.1. The van der Waals surface area contributed by atoms with Crippen molar-refractivity contribution < 1.29 is 34.8 Å². The average Bonchev–Trinajstić information content (AvgIpc) is 2.54. The van der Waals surface area contributed by atoms with Gasteiger partial charge in [0.1, 0.15) is 12.1 Å². The van der Waals surface area contributed by atoms with Crippen LogP contribution in [0.25, 0.3) is 0 Å². The van der Waals surface area contributed by atoms with E-state index in [-0.39, 0.29) is 6.54 Å². The summed E-state index contributed by atoms with van der Waals surface area (Å²) >= 11 is 0. The van der Waals surface area contributed by atoms with Crippen LogP contribution in [-0.2, 0) is 14.4 Å². The van der Waals surface area contributed by atoms with Gasteiger partial charge in [-0.1, -0.05) is 13.8 Å². The van der Waals surface area contributed by atoms with Crippen molar-refractivity contribution in [2.75, 3.05) is 20.2 Å². The molecule has 11 heteroatoms. The summed E-state index contributed by atoms with van der Waals surface area (Å²) in [5.41, 5.74) is 20.1. The average molecular weight is 370 g/mol. The van der Waals surface area contributed by atoms with Crippen LogP contribution in [0.2, 0.25) is 0 Å². The number of hydrogen-bond donors (Lipinski definition) is 8. The summed E-state index contributed by atoms with van der Waals surface area (Å²) in [5.74, 6) is -2.48. The zero-order valence-electron chi connectivity index (χ0n) is 15.1. The Balaban J connectivity index is -0.000000131. The molecule has 0 amide bonds. The van der Waals surface area contributed by atoms with Crippen molar-refractivity contribution >= 4 is 17.9 Å². The fraction of sp³-hybridized carbons (Fsp3) is 0.786. The van der Waals surface area contributed by atoms with Crippen LogP contribution in [0, 0.1) is 5.92 Å². The molecule has 0 rings (SSSR count). The fourth-order valence-electron chi connectivity index (χ4n) is 1.07. The fourth-order valence-corrected chi connectivity index (χ4v) is 1.07. The highest BCUT2D eigenvalue weighted by molar-refractivity contribution is 5.73. The Morgan fingerprint density at radius 1 is 0.880 bits per heavy atom. The number of carboxylic acids is 3. The summed E-state index contributed by atoms with van der Waals surface area (Å²) < 4.78 is 0. The number of carboxylic acid groups (broad SMARTS) is 3. The lowest BCUT2D eigenvalue weighted by atomic mass is 10.1. The molecule has 2 atom stereocenters. The molecular formula is C14H34N4O7. The lowest BCUT2D eigenvalue weighted by Crippen LogP contribution is -2.31. The molecule has 0 aromatic rings. The second kappa shape index (κ2) is 22.2. The molecule has 0 aromatic heterocycles. The summed E-state index contributed by atoms with van der Waals surface area (Å²) in [5, 5.41) is 31.1. The van der Waals surface area contributed by atoms with Gasteiger partial charge >= 0.3 is 17.9 Å². The number of carbonyl (C=O) groups is 3. The van der Waals surface area contributed by atoms with Gasteiger partial charge < -0.3 is 43.4 Å². The molecule has 11 nitrogen and oxygen atoms in total. The molecule has 0 aromatic carbocycles. The molecule has 0 aliphatic rings. The standard InChI is InChI=1S/C6H13NO2.C5H12N2O2.C2H5NO2.CH4O/c1-4(2)3-5(7)6(8)9;6-3-1-2-4(7)5(8)9;3-1-2(4)5;1-2/h4-5H,3,7H2,1-2H3,(H,8,9);4H,1-3,6-7H2,(H,8,9);1,3H2,(H,4,5);2H,1H3. The summed E-state index contributed by atoms with van der Waals surface area (Å²) in [7, 11) is 1.00. The first kappa shape index (κ1) is 31.0. The SMILES string of the molecule is CC(C)CC(N)C(=O)O.CO.NCC(=O)O.NCCCC(N)C(=O)O. The van der Waals surface area contributed by atoms with Gasteiger partial charge in [-0.15, -0.1) is 0 Å². The van der Waals surface area contributed by atoms with E-state index in [0.717, 1.165) is 7.11 Å². The third kappa shape index (κ3) is 34.5. The van der Waals surface area contributed by atoms with Crippen molar-refractivity contribution in [1.82, 2.24) is 0 Å². The van der Waals surface area contributed by atoms with Crippen LogP contribution in [0.4, 0.5) is 0 Å². The largest absolute Gasteiger partial charge is 0.480 e. The van der Waals surface area contributed by atoms with E-state index < -0.39 is 30.0 Å². The third-order valence-electron chi connectivity index (χ3n) is 2.25. The van der Waals surface area contributed by atoms with Crippen molar-refractivity contribution in [2.24, 2.45) is 28.9 Å². The van der Waals surface area contributed by atoms with E-state index in [0.29, 0.717) is 31.7 Å². The molecule has 25 heavy (non-hydrogen) atoms. The molecule has 0 aliphatic carbocycles. The number of aliphatic carboxylic acids is 3. The molecule has 0 bridgehead atoms. The van der Waals surface area contributed by atoms with Crippen LogP contribution in [0.15, 0.2) is 0 Å². The van der Waals surface area contributed by atoms with Crippen LogP contribution in [0.5, 0.6) is 0 Å². The van der Waals surface area contributed by atoms with Crippen molar-refractivity contribution in [3.63, 3.8) is 0 Å². The normalized spacial score (nSPS) is 11.4. The molecule has 152 valence electrons. The predicted octanol–water partition coefficient (Wildman–Crippen LogP) is -1.78. The van der Waals surface area contributed by atoms with Crippen molar-refractivity contribution in [3.05, 3.63) is 0 Å². The predicted molar refractivity (Wildman–Crippen MR) is 93.8 cm³/mol. The van der Waals surface area contributed by atoms with Crippen LogP contribution >= 0.6 is 0 Å². The summed E-state index contributed by atoms with van der Waals surface area (Å²) in [6.07, 6.45) is 1.69. The quantitative estimate of drug-likeness (QED) is 0.237. The highest BCUT2D eigenvalue weighted by Gasteiger charge is 2.12. The zero-order valence-corrected chi connectivity index (χ0v) is 15.1. The second-order valence-electron chi connectivity index (χ2n) is 5.05. The van der Waals surface area contributed by atoms with E-state index in [2.05, 4.69) is 5.73 Å². The molecule has 0 fully saturated rings. The molecule has 0 saturated carbocycles. The number of aliphatic hydroxyl groups excluding tert-OH is 1. The van der Waals surface area contributed by atoms with Gasteiger partial charge in [0.25, 0.3) is 0 Å². The van der Waals surface area contributed by atoms with Gasteiger partial charge in [-0.2, -0.15) is 0 Å². The number of rotatable bonds is 8. The monoisotopic (exact) mass is 370 g/mol. The summed E-state index contributed by atoms with van der Waals surface area (Å²) in [6.45, 7) is 4.12. The smallest absolute Gasteiger partial charge is 0.320 e. The molecule has 0 saturated heterocycles. The molecule has 2 unspecified atom stereocenters.